The second-order valence-corrected chi connectivity index (χ2v) is 6.59. The molecular weight excluding hydrogens is 373 g/mol. The van der Waals surface area contributed by atoms with Crippen LogP contribution in [0.3, 0.4) is 0 Å². The Morgan fingerprint density at radius 2 is 2.07 bits per heavy atom. The minimum absolute atomic E-state index is 0.0742. The van der Waals surface area contributed by atoms with Gasteiger partial charge in [-0.05, 0) is 37.8 Å². The van der Waals surface area contributed by atoms with Crippen molar-refractivity contribution in [3.63, 3.8) is 0 Å². The monoisotopic (exact) mass is 394 g/mol. The third-order valence-corrected chi connectivity index (χ3v) is 4.29. The molecule has 2 heterocycles. The van der Waals surface area contributed by atoms with Crippen LogP contribution in [0.2, 0.25) is 0 Å². The summed E-state index contributed by atoms with van der Waals surface area (Å²) in [6.45, 7) is 2.73. The van der Waals surface area contributed by atoms with Crippen molar-refractivity contribution in [1.82, 2.24) is 15.0 Å². The van der Waals surface area contributed by atoms with E-state index in [0.717, 1.165) is 18.9 Å². The molecule has 0 aromatic carbocycles. The van der Waals surface area contributed by atoms with E-state index in [1.54, 1.807) is 30.0 Å². The number of alkyl halides is 3. The fourth-order valence-electron chi connectivity index (χ4n) is 2.72. The second-order valence-electron chi connectivity index (χ2n) is 6.59. The van der Waals surface area contributed by atoms with Crippen molar-refractivity contribution in [3.05, 3.63) is 36.2 Å². The van der Waals surface area contributed by atoms with Gasteiger partial charge in [-0.15, -0.1) is 0 Å². The van der Waals surface area contributed by atoms with E-state index in [1.807, 2.05) is 0 Å². The molecule has 6 nitrogen and oxygen atoms in total. The number of anilines is 1. The van der Waals surface area contributed by atoms with Gasteiger partial charge in [-0.25, -0.2) is 9.97 Å². The number of ether oxygens (including phenoxy) is 1. The molecule has 1 aliphatic carbocycles. The van der Waals surface area contributed by atoms with Crippen LogP contribution in [0.15, 0.2) is 30.5 Å². The van der Waals surface area contributed by atoms with Crippen molar-refractivity contribution < 1.29 is 22.7 Å². The van der Waals surface area contributed by atoms with E-state index in [4.69, 9.17) is 4.74 Å². The molecule has 2 aromatic rings. The van der Waals surface area contributed by atoms with Gasteiger partial charge < -0.3 is 9.64 Å². The van der Waals surface area contributed by atoms with Gasteiger partial charge in [0, 0.05) is 25.4 Å². The minimum Gasteiger partial charge on any atom is -0.466 e. The van der Waals surface area contributed by atoms with Gasteiger partial charge in [0.05, 0.1) is 13.0 Å². The smallest absolute Gasteiger partial charge is 0.433 e. The molecule has 0 aliphatic heterocycles. The topological polar surface area (TPSA) is 68.2 Å². The molecule has 0 bridgehead atoms. The van der Waals surface area contributed by atoms with Crippen LogP contribution in [0.1, 0.15) is 31.9 Å². The molecule has 0 spiro atoms. The van der Waals surface area contributed by atoms with E-state index in [0.29, 0.717) is 12.5 Å². The standard InChI is InChI=1S/C19H21F3N4O2/c1-2-28-17(27)8-10-26(12-13-6-7-13)16-11-15(19(20,21)22)24-18(25-16)14-5-3-4-9-23-14/h3-5,9,11,13H,2,6-8,10,12H2,1H3. The first-order chi connectivity index (χ1) is 13.4. The highest BCUT2D eigenvalue weighted by molar-refractivity contribution is 5.70. The molecule has 2 aromatic heterocycles. The van der Waals surface area contributed by atoms with Crippen molar-refractivity contribution in [2.45, 2.75) is 32.4 Å². The van der Waals surface area contributed by atoms with Gasteiger partial charge in [0.1, 0.15) is 11.5 Å². The van der Waals surface area contributed by atoms with E-state index in [1.165, 1.54) is 6.20 Å². The third-order valence-electron chi connectivity index (χ3n) is 4.29. The first-order valence-electron chi connectivity index (χ1n) is 9.15. The molecule has 3 rings (SSSR count). The van der Waals surface area contributed by atoms with Crippen LogP contribution in [0.4, 0.5) is 19.0 Å². The number of halogens is 3. The van der Waals surface area contributed by atoms with Gasteiger partial charge in [0.15, 0.2) is 11.5 Å². The van der Waals surface area contributed by atoms with Gasteiger partial charge in [0.2, 0.25) is 0 Å². The molecule has 1 fully saturated rings. The normalized spacial score (nSPS) is 14.0. The fourth-order valence-corrected chi connectivity index (χ4v) is 2.72. The Hall–Kier alpha value is -2.71. The number of carbonyl (C=O) groups excluding carboxylic acids is 1. The van der Waals surface area contributed by atoms with E-state index in [9.17, 15) is 18.0 Å². The SMILES string of the molecule is CCOC(=O)CCN(CC1CC1)c1cc(C(F)(F)F)nc(-c2ccccn2)n1. The highest BCUT2D eigenvalue weighted by Gasteiger charge is 2.35. The van der Waals surface area contributed by atoms with Gasteiger partial charge >= 0.3 is 12.1 Å². The maximum Gasteiger partial charge on any atom is 0.433 e. The third kappa shape index (κ3) is 5.40. The largest absolute Gasteiger partial charge is 0.466 e. The van der Waals surface area contributed by atoms with E-state index < -0.39 is 17.8 Å². The summed E-state index contributed by atoms with van der Waals surface area (Å²) in [6, 6.07) is 5.81. The molecule has 0 atom stereocenters. The molecule has 150 valence electrons. The molecular formula is C19H21F3N4O2. The maximum absolute atomic E-state index is 13.4. The number of rotatable bonds is 8. The van der Waals surface area contributed by atoms with Crippen LogP contribution < -0.4 is 4.90 Å². The Morgan fingerprint density at radius 1 is 1.29 bits per heavy atom. The van der Waals surface area contributed by atoms with Crippen molar-refractivity contribution in [2.75, 3.05) is 24.6 Å². The molecule has 1 saturated carbocycles. The quantitative estimate of drug-likeness (QED) is 0.636. The summed E-state index contributed by atoms with van der Waals surface area (Å²) < 4.78 is 45.2. The van der Waals surface area contributed by atoms with Crippen LogP contribution >= 0.6 is 0 Å². The average Bonchev–Trinajstić information content (AvgIpc) is 3.49. The number of carbonyl (C=O) groups is 1. The van der Waals surface area contributed by atoms with Crippen molar-refractivity contribution in [1.29, 1.82) is 0 Å². The van der Waals surface area contributed by atoms with Gasteiger partial charge in [-0.2, -0.15) is 13.2 Å². The van der Waals surface area contributed by atoms with Crippen molar-refractivity contribution in [2.24, 2.45) is 5.92 Å². The Kier molecular flexibility index (Phi) is 6.11. The number of esters is 1. The summed E-state index contributed by atoms with van der Waals surface area (Å²) in [5.41, 5.74) is -0.776. The summed E-state index contributed by atoms with van der Waals surface area (Å²) in [4.78, 5) is 25.5. The fraction of sp³-hybridized carbons (Fsp3) is 0.474. The number of pyridine rings is 1. The van der Waals surface area contributed by atoms with Crippen LogP contribution in [-0.2, 0) is 15.7 Å². The van der Waals surface area contributed by atoms with Gasteiger partial charge in [0.25, 0.3) is 0 Å². The highest BCUT2D eigenvalue weighted by atomic mass is 19.4. The molecule has 0 saturated heterocycles. The summed E-state index contributed by atoms with van der Waals surface area (Å²) in [6.07, 6.45) is -1.04. The van der Waals surface area contributed by atoms with Crippen molar-refractivity contribution in [3.8, 4) is 11.5 Å². The predicted molar refractivity (Wildman–Crippen MR) is 96.5 cm³/mol. The Bertz CT molecular complexity index is 811. The molecule has 1 aliphatic rings. The second kappa shape index (κ2) is 8.53. The Balaban J connectivity index is 1.94. The molecule has 0 N–H and O–H groups in total. The maximum atomic E-state index is 13.4. The lowest BCUT2D eigenvalue weighted by atomic mass is 10.2. The minimum atomic E-state index is -4.62. The number of aromatic nitrogens is 3. The molecule has 9 heteroatoms. The summed E-state index contributed by atoms with van der Waals surface area (Å²) >= 11 is 0. The lowest BCUT2D eigenvalue weighted by molar-refractivity contribution is -0.143. The lowest BCUT2D eigenvalue weighted by Crippen LogP contribution is -2.30. The van der Waals surface area contributed by atoms with Gasteiger partial charge in [-0.1, -0.05) is 6.07 Å². The van der Waals surface area contributed by atoms with E-state index >= 15 is 0 Å². The molecule has 28 heavy (non-hydrogen) atoms. The van der Waals surface area contributed by atoms with Crippen molar-refractivity contribution >= 4 is 11.8 Å². The van der Waals surface area contributed by atoms with Crippen LogP contribution in [0, 0.1) is 5.92 Å². The van der Waals surface area contributed by atoms with Crippen LogP contribution in [-0.4, -0.2) is 40.6 Å². The zero-order chi connectivity index (χ0) is 20.1. The first kappa shape index (κ1) is 20.0. The Morgan fingerprint density at radius 3 is 2.68 bits per heavy atom. The average molecular weight is 394 g/mol. The number of nitrogens with zero attached hydrogens (tertiary/aromatic N) is 4. The van der Waals surface area contributed by atoms with E-state index in [-0.39, 0.29) is 36.9 Å². The summed E-state index contributed by atoms with van der Waals surface area (Å²) in [5, 5.41) is 0. The van der Waals surface area contributed by atoms with Crippen LogP contribution in [0.25, 0.3) is 11.5 Å². The molecule has 0 radical (unpaired) electrons. The Labute approximate surface area is 160 Å². The summed E-state index contributed by atoms with van der Waals surface area (Å²) in [7, 11) is 0. The lowest BCUT2D eigenvalue weighted by Gasteiger charge is -2.24. The molecule has 0 amide bonds. The van der Waals surface area contributed by atoms with Crippen LogP contribution in [0.5, 0.6) is 0 Å². The number of hydrogen-bond acceptors (Lipinski definition) is 6. The predicted octanol–water partition coefficient (Wildman–Crippen LogP) is 3.73. The van der Waals surface area contributed by atoms with Gasteiger partial charge in [-0.3, -0.25) is 9.78 Å². The highest BCUT2D eigenvalue weighted by Crippen LogP contribution is 2.34. The molecule has 0 unspecified atom stereocenters. The number of hydrogen-bond donors (Lipinski definition) is 0. The van der Waals surface area contributed by atoms with E-state index in [2.05, 4.69) is 15.0 Å². The zero-order valence-electron chi connectivity index (χ0n) is 15.4. The first-order valence-corrected chi connectivity index (χ1v) is 9.15. The summed E-state index contributed by atoms with van der Waals surface area (Å²) in [5.74, 6) is 0.0460. The zero-order valence-corrected chi connectivity index (χ0v) is 15.4.